The predicted octanol–water partition coefficient (Wildman–Crippen LogP) is -1.18. The van der Waals surface area contributed by atoms with E-state index < -0.39 is 31.7 Å². The van der Waals surface area contributed by atoms with Gasteiger partial charge < -0.3 is 10.6 Å². The highest BCUT2D eigenvalue weighted by Gasteiger charge is 2.15. The molecule has 0 aromatic carbocycles. The minimum absolute atomic E-state index is 0.168. The molecule has 1 aromatic heterocycles. The zero-order valence-corrected chi connectivity index (χ0v) is 13.6. The van der Waals surface area contributed by atoms with Crippen molar-refractivity contribution in [3.8, 4) is 12.1 Å². The van der Waals surface area contributed by atoms with E-state index in [9.17, 15) is 16.8 Å². The number of nitrogens with one attached hydrogen (secondary N) is 2. The normalized spacial score (nSPS) is 11.3. The third-order valence-electron chi connectivity index (χ3n) is 2.41. The average Bonchev–Trinajstić information content (AvgIpc) is 2.45. The van der Waals surface area contributed by atoms with Crippen molar-refractivity contribution >= 4 is 31.9 Å². The molecule has 1 rings (SSSR count). The van der Waals surface area contributed by atoms with Gasteiger partial charge in [-0.3, -0.25) is 9.11 Å². The standard InChI is InChI=1S/C10H12N6O6S2/c11-5-7-9(13-1-3-23(17,18)19)15-8(6-12)10(16-7)14-2-4-24(20,21)22/h1-4H2,(H,13,15)(H,14,16)(H,17,18,19)(H,20,21,22). The Kier molecular flexibility index (Phi) is 6.38. The molecule has 0 aliphatic rings. The van der Waals surface area contributed by atoms with Crippen molar-refractivity contribution in [3.63, 3.8) is 0 Å². The van der Waals surface area contributed by atoms with Crippen LogP contribution in [0, 0.1) is 22.7 Å². The lowest BCUT2D eigenvalue weighted by molar-refractivity contribution is 0.481. The maximum Gasteiger partial charge on any atom is 0.266 e. The van der Waals surface area contributed by atoms with E-state index in [-0.39, 0.29) is 36.1 Å². The molecule has 0 aliphatic carbocycles. The molecule has 0 bridgehead atoms. The summed E-state index contributed by atoms with van der Waals surface area (Å²) in [6, 6.07) is 3.35. The van der Waals surface area contributed by atoms with Crippen molar-refractivity contribution in [2.24, 2.45) is 0 Å². The second kappa shape index (κ2) is 7.84. The van der Waals surface area contributed by atoms with E-state index in [4.69, 9.17) is 19.6 Å². The van der Waals surface area contributed by atoms with Crippen LogP contribution in [0.25, 0.3) is 0 Å². The molecule has 0 amide bonds. The maximum atomic E-state index is 10.6. The fourth-order valence-electron chi connectivity index (χ4n) is 1.43. The SMILES string of the molecule is N#Cc1nc(NCCS(=O)(=O)O)c(C#N)nc1NCCS(=O)(=O)O. The highest BCUT2D eigenvalue weighted by Crippen LogP contribution is 2.16. The number of nitriles is 2. The Labute approximate surface area is 137 Å². The summed E-state index contributed by atoms with van der Waals surface area (Å²) in [4.78, 5) is 7.58. The molecule has 1 heterocycles. The van der Waals surface area contributed by atoms with Crippen molar-refractivity contribution < 1.29 is 25.9 Å². The van der Waals surface area contributed by atoms with Crippen molar-refractivity contribution in [2.75, 3.05) is 35.2 Å². The van der Waals surface area contributed by atoms with Crippen molar-refractivity contribution in [1.29, 1.82) is 10.5 Å². The predicted molar refractivity (Wildman–Crippen MR) is 81.3 cm³/mol. The molecule has 0 radical (unpaired) electrons. The lowest BCUT2D eigenvalue weighted by Gasteiger charge is -2.10. The van der Waals surface area contributed by atoms with Crippen LogP contribution in [-0.4, -0.2) is 60.5 Å². The third kappa shape index (κ3) is 6.71. The van der Waals surface area contributed by atoms with Gasteiger partial charge in [-0.1, -0.05) is 0 Å². The molecule has 0 saturated heterocycles. The van der Waals surface area contributed by atoms with E-state index in [1.165, 1.54) is 0 Å². The fraction of sp³-hybridized carbons (Fsp3) is 0.400. The second-order valence-corrected chi connectivity index (χ2v) is 7.41. The Morgan fingerprint density at radius 1 is 0.833 bits per heavy atom. The van der Waals surface area contributed by atoms with Crippen LogP contribution in [0.15, 0.2) is 0 Å². The van der Waals surface area contributed by atoms with Gasteiger partial charge in [0.25, 0.3) is 20.2 Å². The first-order valence-electron chi connectivity index (χ1n) is 6.16. The van der Waals surface area contributed by atoms with Crippen LogP contribution >= 0.6 is 0 Å². The largest absolute Gasteiger partial charge is 0.366 e. The number of rotatable bonds is 8. The summed E-state index contributed by atoms with van der Waals surface area (Å²) in [5.74, 6) is -1.62. The van der Waals surface area contributed by atoms with Gasteiger partial charge in [-0.2, -0.15) is 27.4 Å². The zero-order chi connectivity index (χ0) is 18.4. The van der Waals surface area contributed by atoms with Crippen LogP contribution in [0.3, 0.4) is 0 Å². The van der Waals surface area contributed by atoms with E-state index in [0.717, 1.165) is 0 Å². The summed E-state index contributed by atoms with van der Waals surface area (Å²) < 4.78 is 59.8. The average molecular weight is 376 g/mol. The summed E-state index contributed by atoms with van der Waals surface area (Å²) >= 11 is 0. The summed E-state index contributed by atoms with van der Waals surface area (Å²) in [6.07, 6.45) is 0. The van der Waals surface area contributed by atoms with Crippen LogP contribution in [-0.2, 0) is 20.2 Å². The Bertz CT molecular complexity index is 823. The molecule has 14 heteroatoms. The molecular formula is C10H12N6O6S2. The first-order valence-corrected chi connectivity index (χ1v) is 9.38. The number of aromatic nitrogens is 2. The van der Waals surface area contributed by atoms with E-state index in [0.29, 0.717) is 0 Å². The van der Waals surface area contributed by atoms with Crippen LogP contribution < -0.4 is 10.6 Å². The van der Waals surface area contributed by atoms with Crippen LogP contribution in [0.4, 0.5) is 11.6 Å². The molecule has 24 heavy (non-hydrogen) atoms. The molecule has 0 spiro atoms. The molecule has 0 atom stereocenters. The van der Waals surface area contributed by atoms with E-state index in [1.807, 2.05) is 0 Å². The molecule has 0 aliphatic heterocycles. The molecule has 12 nitrogen and oxygen atoms in total. The van der Waals surface area contributed by atoms with Gasteiger partial charge in [0.15, 0.2) is 23.0 Å². The maximum absolute atomic E-state index is 10.6. The smallest absolute Gasteiger partial charge is 0.266 e. The van der Waals surface area contributed by atoms with Crippen LogP contribution in [0.5, 0.6) is 0 Å². The van der Waals surface area contributed by atoms with E-state index in [1.54, 1.807) is 12.1 Å². The van der Waals surface area contributed by atoms with Crippen LogP contribution in [0.1, 0.15) is 11.4 Å². The lowest BCUT2D eigenvalue weighted by Crippen LogP contribution is -2.19. The van der Waals surface area contributed by atoms with Gasteiger partial charge >= 0.3 is 0 Å². The number of anilines is 2. The monoisotopic (exact) mass is 376 g/mol. The van der Waals surface area contributed by atoms with Gasteiger partial charge in [0.1, 0.15) is 12.1 Å². The minimum atomic E-state index is -4.22. The van der Waals surface area contributed by atoms with Crippen molar-refractivity contribution in [2.45, 2.75) is 0 Å². The van der Waals surface area contributed by atoms with Gasteiger partial charge in [-0.15, -0.1) is 0 Å². The van der Waals surface area contributed by atoms with Gasteiger partial charge in [-0.05, 0) is 0 Å². The number of hydrogen-bond acceptors (Lipinski definition) is 10. The van der Waals surface area contributed by atoms with Gasteiger partial charge in [0.05, 0.1) is 11.5 Å². The molecule has 130 valence electrons. The quantitative estimate of drug-likeness (QED) is 0.395. The van der Waals surface area contributed by atoms with Gasteiger partial charge in [0, 0.05) is 13.1 Å². The summed E-state index contributed by atoms with van der Waals surface area (Å²) in [5.41, 5.74) is -0.558. The Morgan fingerprint density at radius 2 is 1.17 bits per heavy atom. The van der Waals surface area contributed by atoms with E-state index in [2.05, 4.69) is 20.6 Å². The zero-order valence-electron chi connectivity index (χ0n) is 12.0. The van der Waals surface area contributed by atoms with E-state index >= 15 is 0 Å². The summed E-state index contributed by atoms with van der Waals surface area (Å²) in [5, 5.41) is 22.9. The minimum Gasteiger partial charge on any atom is -0.366 e. The van der Waals surface area contributed by atoms with Crippen LogP contribution in [0.2, 0.25) is 0 Å². The van der Waals surface area contributed by atoms with Crippen molar-refractivity contribution in [1.82, 2.24) is 9.97 Å². The molecular weight excluding hydrogens is 364 g/mol. The highest BCUT2D eigenvalue weighted by molar-refractivity contribution is 7.86. The second-order valence-electron chi connectivity index (χ2n) is 4.27. The first kappa shape index (κ1) is 19.5. The molecule has 4 N–H and O–H groups in total. The van der Waals surface area contributed by atoms with Gasteiger partial charge in [-0.25, -0.2) is 9.97 Å². The Morgan fingerprint density at radius 3 is 1.42 bits per heavy atom. The van der Waals surface area contributed by atoms with Crippen molar-refractivity contribution in [3.05, 3.63) is 11.4 Å². The fourth-order valence-corrected chi connectivity index (χ4v) is 2.15. The third-order valence-corrected chi connectivity index (χ3v) is 3.85. The number of hydrogen-bond donors (Lipinski definition) is 4. The Hall–Kier alpha value is -2.52. The van der Waals surface area contributed by atoms with Gasteiger partial charge in [0.2, 0.25) is 0 Å². The highest BCUT2D eigenvalue weighted by atomic mass is 32.2. The summed E-state index contributed by atoms with van der Waals surface area (Å²) in [7, 11) is -8.43. The molecule has 0 saturated carbocycles. The lowest BCUT2D eigenvalue weighted by atomic mass is 10.3. The Balaban J connectivity index is 2.97. The number of nitrogens with zero attached hydrogens (tertiary/aromatic N) is 4. The summed E-state index contributed by atoms with van der Waals surface area (Å²) in [6.45, 7) is -0.550. The molecule has 0 unspecified atom stereocenters. The first-order chi connectivity index (χ1) is 11.1. The molecule has 1 aromatic rings. The molecule has 0 fully saturated rings. The topological polar surface area (TPSA) is 206 Å².